The van der Waals surface area contributed by atoms with Gasteiger partial charge in [-0.1, -0.05) is 48.9 Å². The average molecular weight is 414 g/mol. The van der Waals surface area contributed by atoms with Crippen molar-refractivity contribution >= 4 is 35.0 Å². The van der Waals surface area contributed by atoms with Crippen LogP contribution < -0.4 is 4.90 Å². The number of rotatable bonds is 6. The molecule has 1 aliphatic heterocycles. The second kappa shape index (κ2) is 9.09. The van der Waals surface area contributed by atoms with Crippen LogP contribution in [0.25, 0.3) is 0 Å². The van der Waals surface area contributed by atoms with Gasteiger partial charge in [-0.05, 0) is 36.2 Å². The number of amides is 3. The summed E-state index contributed by atoms with van der Waals surface area (Å²) in [6.45, 7) is 2.05. The molecule has 3 amide bonds. The molecular formula is C22H24ClN3O3. The molecule has 2 aromatic carbocycles. The van der Waals surface area contributed by atoms with E-state index in [-0.39, 0.29) is 43.4 Å². The van der Waals surface area contributed by atoms with Gasteiger partial charge in [0.15, 0.2) is 0 Å². The number of carbonyl (C=O) groups excluding carboxylic acids is 3. The van der Waals surface area contributed by atoms with Gasteiger partial charge in [-0.25, -0.2) is 0 Å². The Bertz CT molecular complexity index is 886. The Morgan fingerprint density at radius 1 is 1.10 bits per heavy atom. The van der Waals surface area contributed by atoms with Crippen LogP contribution in [-0.2, 0) is 14.4 Å². The first kappa shape index (κ1) is 20.9. The molecule has 1 saturated heterocycles. The van der Waals surface area contributed by atoms with Gasteiger partial charge < -0.3 is 9.80 Å². The van der Waals surface area contributed by atoms with Crippen LogP contribution in [0, 0.1) is 0 Å². The number of halogens is 1. The van der Waals surface area contributed by atoms with Crippen molar-refractivity contribution in [3.63, 3.8) is 0 Å². The smallest absolute Gasteiger partial charge is 0.248 e. The molecule has 1 aliphatic rings. The first-order chi connectivity index (χ1) is 13.9. The predicted molar refractivity (Wildman–Crippen MR) is 113 cm³/mol. The minimum atomic E-state index is -0.292. The zero-order valence-electron chi connectivity index (χ0n) is 16.5. The number of nitrogens with zero attached hydrogens (tertiary/aromatic N) is 3. The van der Waals surface area contributed by atoms with E-state index in [0.717, 1.165) is 5.56 Å². The minimum absolute atomic E-state index is 0.000613. The molecule has 0 spiro atoms. The highest BCUT2D eigenvalue weighted by Crippen LogP contribution is 2.23. The summed E-state index contributed by atoms with van der Waals surface area (Å²) in [6.07, 6.45) is 0.647. The van der Waals surface area contributed by atoms with Gasteiger partial charge in [0.05, 0.1) is 12.5 Å². The SMILES string of the molecule is CC[C@@H](C(=O)N(C)CC(=O)N1CC(=O)N(c2ccc(Cl)cc2)C1)c1ccccc1. The van der Waals surface area contributed by atoms with Gasteiger partial charge in [0.25, 0.3) is 0 Å². The summed E-state index contributed by atoms with van der Waals surface area (Å²) < 4.78 is 0. The molecule has 2 aromatic rings. The second-order valence-electron chi connectivity index (χ2n) is 7.10. The van der Waals surface area contributed by atoms with Crippen LogP contribution in [0.5, 0.6) is 0 Å². The van der Waals surface area contributed by atoms with Crippen LogP contribution in [0.3, 0.4) is 0 Å². The van der Waals surface area contributed by atoms with E-state index in [1.807, 2.05) is 37.3 Å². The van der Waals surface area contributed by atoms with Crippen LogP contribution in [0.2, 0.25) is 5.02 Å². The summed E-state index contributed by atoms with van der Waals surface area (Å²) in [5.74, 6) is -0.814. The van der Waals surface area contributed by atoms with E-state index in [0.29, 0.717) is 17.1 Å². The summed E-state index contributed by atoms with van der Waals surface area (Å²) >= 11 is 5.90. The molecule has 0 N–H and O–H groups in total. The fourth-order valence-electron chi connectivity index (χ4n) is 3.45. The van der Waals surface area contributed by atoms with Crippen molar-refractivity contribution in [3.8, 4) is 0 Å². The summed E-state index contributed by atoms with van der Waals surface area (Å²) in [7, 11) is 1.63. The van der Waals surface area contributed by atoms with Crippen molar-refractivity contribution in [2.45, 2.75) is 19.3 Å². The van der Waals surface area contributed by atoms with E-state index in [1.165, 1.54) is 14.7 Å². The maximum absolute atomic E-state index is 12.9. The van der Waals surface area contributed by atoms with Crippen molar-refractivity contribution in [1.29, 1.82) is 0 Å². The zero-order valence-corrected chi connectivity index (χ0v) is 17.3. The number of hydrogen-bond acceptors (Lipinski definition) is 3. The Morgan fingerprint density at radius 3 is 2.38 bits per heavy atom. The molecule has 1 fully saturated rings. The molecular weight excluding hydrogens is 390 g/mol. The monoisotopic (exact) mass is 413 g/mol. The summed E-state index contributed by atoms with van der Waals surface area (Å²) in [5, 5.41) is 0.581. The summed E-state index contributed by atoms with van der Waals surface area (Å²) in [4.78, 5) is 42.4. The molecule has 0 saturated carbocycles. The van der Waals surface area contributed by atoms with Gasteiger partial charge in [-0.3, -0.25) is 19.3 Å². The van der Waals surface area contributed by atoms with Crippen LogP contribution >= 0.6 is 11.6 Å². The molecule has 0 radical (unpaired) electrons. The quantitative estimate of drug-likeness (QED) is 0.731. The van der Waals surface area contributed by atoms with Crippen molar-refractivity contribution in [3.05, 3.63) is 65.2 Å². The van der Waals surface area contributed by atoms with Gasteiger partial charge in [0.2, 0.25) is 17.7 Å². The molecule has 0 aromatic heterocycles. The summed E-state index contributed by atoms with van der Waals surface area (Å²) in [6, 6.07) is 16.5. The second-order valence-corrected chi connectivity index (χ2v) is 7.53. The van der Waals surface area contributed by atoms with Gasteiger partial charge in [-0.2, -0.15) is 0 Å². The molecule has 152 valence electrons. The third kappa shape index (κ3) is 4.77. The standard InChI is InChI=1S/C22H24ClN3O3/c1-3-19(16-7-5-4-6-8-16)22(29)24(2)13-20(27)25-14-21(28)26(15-25)18-11-9-17(23)10-12-18/h4-12,19H,3,13-15H2,1-2H3/t19-/m1/s1. The Morgan fingerprint density at radius 2 is 1.76 bits per heavy atom. The van der Waals surface area contributed by atoms with Crippen LogP contribution in [0.1, 0.15) is 24.8 Å². The number of likely N-dealkylation sites (N-methyl/N-ethyl adjacent to an activating group) is 1. The third-order valence-corrected chi connectivity index (χ3v) is 5.34. The number of carbonyl (C=O) groups is 3. The van der Waals surface area contributed by atoms with Gasteiger partial charge in [0.1, 0.15) is 13.2 Å². The summed E-state index contributed by atoms with van der Waals surface area (Å²) in [5.41, 5.74) is 1.62. The highest BCUT2D eigenvalue weighted by atomic mass is 35.5. The normalized spacial score (nSPS) is 14.8. The highest BCUT2D eigenvalue weighted by molar-refractivity contribution is 6.30. The number of benzene rings is 2. The van der Waals surface area contributed by atoms with E-state index >= 15 is 0 Å². The van der Waals surface area contributed by atoms with Crippen molar-refractivity contribution < 1.29 is 14.4 Å². The predicted octanol–water partition coefficient (Wildman–Crippen LogP) is 3.12. The first-order valence-corrected chi connectivity index (χ1v) is 9.92. The van der Waals surface area contributed by atoms with Gasteiger partial charge >= 0.3 is 0 Å². The van der Waals surface area contributed by atoms with Crippen LogP contribution in [0.15, 0.2) is 54.6 Å². The molecule has 0 unspecified atom stereocenters. The Labute approximate surface area is 175 Å². The minimum Gasteiger partial charge on any atom is -0.336 e. The number of hydrogen-bond donors (Lipinski definition) is 0. The van der Waals surface area contributed by atoms with E-state index in [2.05, 4.69) is 0 Å². The first-order valence-electron chi connectivity index (χ1n) is 9.54. The molecule has 0 bridgehead atoms. The van der Waals surface area contributed by atoms with E-state index in [9.17, 15) is 14.4 Å². The third-order valence-electron chi connectivity index (χ3n) is 5.09. The molecule has 29 heavy (non-hydrogen) atoms. The van der Waals surface area contributed by atoms with Crippen LogP contribution in [0.4, 0.5) is 5.69 Å². The van der Waals surface area contributed by atoms with Crippen molar-refractivity contribution in [1.82, 2.24) is 9.80 Å². The molecule has 3 rings (SSSR count). The Kier molecular flexibility index (Phi) is 6.54. The lowest BCUT2D eigenvalue weighted by Crippen LogP contribution is -2.42. The largest absolute Gasteiger partial charge is 0.336 e. The Balaban J connectivity index is 1.63. The maximum atomic E-state index is 12.9. The van der Waals surface area contributed by atoms with Gasteiger partial charge in [0, 0.05) is 17.8 Å². The van der Waals surface area contributed by atoms with E-state index in [4.69, 9.17) is 11.6 Å². The lowest BCUT2D eigenvalue weighted by Gasteiger charge is -2.25. The molecule has 7 heteroatoms. The van der Waals surface area contributed by atoms with Crippen LogP contribution in [-0.4, -0.2) is 54.3 Å². The fourth-order valence-corrected chi connectivity index (χ4v) is 3.57. The lowest BCUT2D eigenvalue weighted by molar-refractivity contribution is -0.140. The fraction of sp³-hybridized carbons (Fsp3) is 0.318. The van der Waals surface area contributed by atoms with E-state index < -0.39 is 0 Å². The molecule has 6 nitrogen and oxygen atoms in total. The van der Waals surface area contributed by atoms with Gasteiger partial charge in [-0.15, -0.1) is 0 Å². The molecule has 1 heterocycles. The zero-order chi connectivity index (χ0) is 21.0. The topological polar surface area (TPSA) is 60.9 Å². The van der Waals surface area contributed by atoms with E-state index in [1.54, 1.807) is 31.3 Å². The molecule has 0 aliphatic carbocycles. The highest BCUT2D eigenvalue weighted by Gasteiger charge is 2.33. The number of anilines is 1. The average Bonchev–Trinajstić information content (AvgIpc) is 3.11. The lowest BCUT2D eigenvalue weighted by atomic mass is 9.95. The molecule has 1 atom stereocenters. The van der Waals surface area contributed by atoms with Crippen molar-refractivity contribution in [2.24, 2.45) is 0 Å². The Hall–Kier alpha value is -2.86. The maximum Gasteiger partial charge on any atom is 0.248 e. The van der Waals surface area contributed by atoms with Crippen molar-refractivity contribution in [2.75, 3.05) is 31.7 Å².